The molecule has 5 aromatic rings. The molecule has 0 fully saturated rings. The van der Waals surface area contributed by atoms with E-state index in [0.29, 0.717) is 22.3 Å². The van der Waals surface area contributed by atoms with Gasteiger partial charge in [-0.15, -0.1) is 0 Å². The average molecular weight is 517 g/mol. The molecule has 0 aliphatic heterocycles. The lowest BCUT2D eigenvalue weighted by atomic mass is 9.95. The summed E-state index contributed by atoms with van der Waals surface area (Å²) in [4.78, 5) is 43.6. The van der Waals surface area contributed by atoms with Gasteiger partial charge >= 0.3 is 5.97 Å². The SMILES string of the molecule is CCn1c2ccc(C(=O)/C(=N/OC(C)=O)c3ccccc3C)cc2c2cc(C(=O)c3ccccc3C)ccc21. The molecule has 6 nitrogen and oxygen atoms in total. The third kappa shape index (κ3) is 4.77. The normalized spacial score (nSPS) is 11.6. The molecule has 0 amide bonds. The summed E-state index contributed by atoms with van der Waals surface area (Å²) in [5.74, 6) is -1.02. The number of rotatable bonds is 7. The molecule has 0 saturated heterocycles. The molecule has 0 unspecified atom stereocenters. The average Bonchev–Trinajstić information content (AvgIpc) is 3.25. The Morgan fingerprint density at radius 1 is 0.744 bits per heavy atom. The number of oxime groups is 1. The summed E-state index contributed by atoms with van der Waals surface area (Å²) in [6.45, 7) is 7.82. The van der Waals surface area contributed by atoms with Crippen LogP contribution in [0.15, 0.2) is 90.1 Å². The molecule has 0 saturated carbocycles. The van der Waals surface area contributed by atoms with Gasteiger partial charge in [-0.25, -0.2) is 4.79 Å². The van der Waals surface area contributed by atoms with E-state index in [-0.39, 0.29) is 17.3 Å². The highest BCUT2D eigenvalue weighted by Crippen LogP contribution is 2.32. The van der Waals surface area contributed by atoms with E-state index in [1.807, 2.05) is 86.6 Å². The molecule has 0 aliphatic carbocycles. The molecule has 1 aromatic heterocycles. The number of benzene rings is 4. The summed E-state index contributed by atoms with van der Waals surface area (Å²) in [5, 5.41) is 5.68. The fourth-order valence-corrected chi connectivity index (χ4v) is 5.01. The maximum absolute atomic E-state index is 13.8. The van der Waals surface area contributed by atoms with E-state index in [0.717, 1.165) is 39.5 Å². The molecule has 5 rings (SSSR count). The predicted molar refractivity (Wildman–Crippen MR) is 154 cm³/mol. The second-order valence-corrected chi connectivity index (χ2v) is 9.52. The molecule has 39 heavy (non-hydrogen) atoms. The predicted octanol–water partition coefficient (Wildman–Crippen LogP) is 6.81. The van der Waals surface area contributed by atoms with E-state index in [1.54, 1.807) is 12.1 Å². The van der Waals surface area contributed by atoms with Crippen molar-refractivity contribution in [3.05, 3.63) is 118 Å². The van der Waals surface area contributed by atoms with E-state index in [9.17, 15) is 14.4 Å². The summed E-state index contributed by atoms with van der Waals surface area (Å²) in [6.07, 6.45) is 0. The lowest BCUT2D eigenvalue weighted by Crippen LogP contribution is -2.18. The largest absolute Gasteiger partial charge is 0.341 e. The minimum atomic E-state index is -0.610. The number of nitrogens with zero attached hydrogens (tertiary/aromatic N) is 2. The fraction of sp³-hybridized carbons (Fsp3) is 0.152. The van der Waals surface area contributed by atoms with Crippen molar-refractivity contribution in [3.8, 4) is 0 Å². The van der Waals surface area contributed by atoms with Crippen LogP contribution in [0.25, 0.3) is 21.8 Å². The quantitative estimate of drug-likeness (QED) is 0.103. The van der Waals surface area contributed by atoms with E-state index in [2.05, 4.69) is 16.6 Å². The molecule has 4 aromatic carbocycles. The van der Waals surface area contributed by atoms with Gasteiger partial charge in [-0.3, -0.25) is 9.59 Å². The van der Waals surface area contributed by atoms with Gasteiger partial charge in [0.25, 0.3) is 0 Å². The van der Waals surface area contributed by atoms with Crippen molar-refractivity contribution in [3.63, 3.8) is 0 Å². The standard InChI is InChI=1S/C33H28N2O4/c1-5-35-29-16-14-23(32(37)26-13-9-7-11-21(26)3)18-27(29)28-19-24(15-17-30(28)35)33(38)31(34-39-22(4)36)25-12-8-6-10-20(25)2/h6-19H,5H2,1-4H3/b34-31+. The Balaban J connectivity index is 1.66. The highest BCUT2D eigenvalue weighted by molar-refractivity contribution is 6.51. The van der Waals surface area contributed by atoms with Crippen LogP contribution in [0.2, 0.25) is 0 Å². The van der Waals surface area contributed by atoms with Crippen LogP contribution in [0, 0.1) is 13.8 Å². The number of hydrogen-bond acceptors (Lipinski definition) is 5. The second kappa shape index (κ2) is 10.5. The zero-order valence-electron chi connectivity index (χ0n) is 22.3. The molecule has 0 atom stereocenters. The number of carbonyl (C=O) groups excluding carboxylic acids is 3. The van der Waals surface area contributed by atoms with Crippen LogP contribution in [-0.2, 0) is 16.2 Å². The molecule has 0 aliphatic rings. The zero-order chi connectivity index (χ0) is 27.7. The van der Waals surface area contributed by atoms with Crippen LogP contribution in [0.4, 0.5) is 0 Å². The first-order chi connectivity index (χ1) is 18.8. The van der Waals surface area contributed by atoms with Gasteiger partial charge in [-0.2, -0.15) is 0 Å². The minimum Gasteiger partial charge on any atom is -0.341 e. The van der Waals surface area contributed by atoms with E-state index >= 15 is 0 Å². The molecule has 0 radical (unpaired) electrons. The summed E-state index contributed by atoms with van der Waals surface area (Å²) in [5.41, 5.74) is 5.98. The summed E-state index contributed by atoms with van der Waals surface area (Å²) < 4.78 is 2.16. The van der Waals surface area contributed by atoms with Gasteiger partial charge in [0.2, 0.25) is 5.78 Å². The third-order valence-electron chi connectivity index (χ3n) is 6.98. The molecule has 6 heteroatoms. The highest BCUT2D eigenvalue weighted by Gasteiger charge is 2.22. The maximum atomic E-state index is 13.8. The number of ketones is 2. The number of aromatic nitrogens is 1. The van der Waals surface area contributed by atoms with E-state index in [1.165, 1.54) is 6.92 Å². The lowest BCUT2D eigenvalue weighted by molar-refractivity contribution is -0.140. The number of aryl methyl sites for hydroxylation is 3. The van der Waals surface area contributed by atoms with Crippen molar-refractivity contribution in [1.29, 1.82) is 0 Å². The molecule has 194 valence electrons. The molecule has 0 spiro atoms. The van der Waals surface area contributed by atoms with Crippen molar-refractivity contribution in [1.82, 2.24) is 4.57 Å². The zero-order valence-corrected chi connectivity index (χ0v) is 22.3. The lowest BCUT2D eigenvalue weighted by Gasteiger charge is -2.09. The van der Waals surface area contributed by atoms with Gasteiger partial charge in [-0.1, -0.05) is 53.7 Å². The summed E-state index contributed by atoms with van der Waals surface area (Å²) in [7, 11) is 0. The van der Waals surface area contributed by atoms with Crippen LogP contribution in [-0.4, -0.2) is 27.8 Å². The first-order valence-corrected chi connectivity index (χ1v) is 12.8. The second-order valence-electron chi connectivity index (χ2n) is 9.52. The van der Waals surface area contributed by atoms with Crippen LogP contribution in [0.3, 0.4) is 0 Å². The topological polar surface area (TPSA) is 77.7 Å². The highest BCUT2D eigenvalue weighted by atomic mass is 16.7. The maximum Gasteiger partial charge on any atom is 0.332 e. The Bertz CT molecular complexity index is 1810. The van der Waals surface area contributed by atoms with Crippen molar-refractivity contribution in [2.75, 3.05) is 0 Å². The van der Waals surface area contributed by atoms with Crippen LogP contribution in [0.5, 0.6) is 0 Å². The van der Waals surface area contributed by atoms with Crippen molar-refractivity contribution in [2.45, 2.75) is 34.2 Å². The summed E-state index contributed by atoms with van der Waals surface area (Å²) in [6, 6.07) is 26.1. The van der Waals surface area contributed by atoms with Crippen molar-refractivity contribution >= 4 is 45.1 Å². The van der Waals surface area contributed by atoms with Gasteiger partial charge in [0, 0.05) is 57.5 Å². The van der Waals surface area contributed by atoms with Crippen molar-refractivity contribution < 1.29 is 19.2 Å². The molecule has 1 heterocycles. The summed E-state index contributed by atoms with van der Waals surface area (Å²) >= 11 is 0. The van der Waals surface area contributed by atoms with Crippen LogP contribution in [0.1, 0.15) is 56.8 Å². The van der Waals surface area contributed by atoms with Gasteiger partial charge in [0.05, 0.1) is 0 Å². The van der Waals surface area contributed by atoms with Gasteiger partial charge in [-0.05, 0) is 68.3 Å². The Labute approximate surface area is 226 Å². The first kappa shape index (κ1) is 25.8. The fourth-order valence-electron chi connectivity index (χ4n) is 5.01. The Hall–Kier alpha value is -4.84. The molecule has 0 N–H and O–H groups in total. The smallest absolute Gasteiger partial charge is 0.332 e. The number of Topliss-reactive ketones (excluding diaryl/α,β-unsaturated/α-hetero) is 1. The van der Waals surface area contributed by atoms with Crippen LogP contribution >= 0.6 is 0 Å². The number of hydrogen-bond donors (Lipinski definition) is 0. The minimum absolute atomic E-state index is 0.0463. The van der Waals surface area contributed by atoms with Gasteiger partial charge < -0.3 is 9.40 Å². The Morgan fingerprint density at radius 2 is 1.28 bits per heavy atom. The molecule has 0 bridgehead atoms. The Kier molecular flexibility index (Phi) is 6.94. The third-order valence-corrected chi connectivity index (χ3v) is 6.98. The monoisotopic (exact) mass is 516 g/mol. The van der Waals surface area contributed by atoms with Crippen LogP contribution < -0.4 is 0 Å². The molecular weight excluding hydrogens is 488 g/mol. The number of carbonyl (C=O) groups is 3. The Morgan fingerprint density at radius 3 is 1.85 bits per heavy atom. The molecular formula is C33H28N2O4. The number of fused-ring (bicyclic) bond motifs is 3. The first-order valence-electron chi connectivity index (χ1n) is 12.8. The van der Waals surface area contributed by atoms with Crippen molar-refractivity contribution in [2.24, 2.45) is 5.16 Å². The van der Waals surface area contributed by atoms with Gasteiger partial charge in [0.1, 0.15) is 0 Å². The van der Waals surface area contributed by atoms with E-state index < -0.39 is 5.97 Å². The van der Waals surface area contributed by atoms with Gasteiger partial charge in [0.15, 0.2) is 11.5 Å². The van der Waals surface area contributed by atoms with E-state index in [4.69, 9.17) is 4.84 Å².